The van der Waals surface area contributed by atoms with Gasteiger partial charge in [0.15, 0.2) is 0 Å². The van der Waals surface area contributed by atoms with E-state index < -0.39 is 0 Å². The van der Waals surface area contributed by atoms with Gasteiger partial charge in [0.1, 0.15) is 0 Å². The first-order valence-corrected chi connectivity index (χ1v) is 6.84. The first-order valence-electron chi connectivity index (χ1n) is 6.04. The molecule has 4 heteroatoms. The highest BCUT2D eigenvalue weighted by atomic mass is 79.9. The molecule has 0 bridgehead atoms. The molecule has 0 aliphatic rings. The van der Waals surface area contributed by atoms with Crippen LogP contribution in [-0.2, 0) is 0 Å². The summed E-state index contributed by atoms with van der Waals surface area (Å²) in [5.74, 6) is -0.00199. The van der Waals surface area contributed by atoms with Gasteiger partial charge in [-0.2, -0.15) is 0 Å². The van der Waals surface area contributed by atoms with Crippen LogP contribution in [0.15, 0.2) is 28.7 Å². The fourth-order valence-corrected chi connectivity index (χ4v) is 2.09. The molecule has 0 atom stereocenters. The molecule has 0 unspecified atom stereocenters. The highest BCUT2D eigenvalue weighted by Gasteiger charge is 2.07. The molecule has 0 aliphatic heterocycles. The molecule has 0 spiro atoms. The Balaban J connectivity index is 2.40. The molecule has 94 valence electrons. The minimum atomic E-state index is -0.00199. The van der Waals surface area contributed by atoms with Crippen LogP contribution in [0.3, 0.4) is 0 Å². The van der Waals surface area contributed by atoms with Crippen LogP contribution in [0.2, 0.25) is 0 Å². The van der Waals surface area contributed by atoms with E-state index in [-0.39, 0.29) is 5.91 Å². The Labute approximate surface area is 111 Å². The number of carbonyl (C=O) groups excluding carboxylic acids is 1. The van der Waals surface area contributed by atoms with Gasteiger partial charge in [0.2, 0.25) is 0 Å². The first-order chi connectivity index (χ1) is 8.17. The molecule has 0 radical (unpaired) electrons. The third-order valence-corrected chi connectivity index (χ3v) is 3.34. The molecule has 0 fully saturated rings. The fraction of sp³-hybridized carbons (Fsp3) is 0.462. The number of rotatable bonds is 6. The maximum atomic E-state index is 11.8. The lowest BCUT2D eigenvalue weighted by Gasteiger charge is -2.15. The van der Waals surface area contributed by atoms with Crippen molar-refractivity contribution in [3.05, 3.63) is 34.3 Å². The Morgan fingerprint density at radius 2 is 2.06 bits per heavy atom. The number of amides is 1. The van der Waals surface area contributed by atoms with Crippen molar-refractivity contribution in [2.45, 2.75) is 13.8 Å². The number of benzene rings is 1. The predicted molar refractivity (Wildman–Crippen MR) is 73.4 cm³/mol. The summed E-state index contributed by atoms with van der Waals surface area (Å²) in [5.41, 5.74) is 0.703. The zero-order chi connectivity index (χ0) is 12.7. The third-order valence-electron chi connectivity index (χ3n) is 2.85. The zero-order valence-electron chi connectivity index (χ0n) is 10.4. The quantitative estimate of drug-likeness (QED) is 0.810. The summed E-state index contributed by atoms with van der Waals surface area (Å²) >= 11 is 3.36. The summed E-state index contributed by atoms with van der Waals surface area (Å²) < 4.78 is 0.930. The molecule has 1 amide bonds. The summed E-state index contributed by atoms with van der Waals surface area (Å²) in [6.45, 7) is 8.23. The maximum Gasteiger partial charge on any atom is 0.251 e. The topological polar surface area (TPSA) is 33.5 Å². The van der Waals surface area contributed by atoms with E-state index in [4.69, 9.17) is 0 Å². The average molecular weight is 300 g/mol. The van der Waals surface area contributed by atoms with Crippen LogP contribution < -0.4 is 10.2 Å². The number of quaternary nitrogens is 1. The van der Waals surface area contributed by atoms with E-state index in [0.29, 0.717) is 5.56 Å². The standard InChI is InChI=1S/C13H19BrN2O/c1-3-16(4-2)9-8-15-13(17)11-6-5-7-12(14)10-11/h5-7,10H,3-4,8-9H2,1-2H3,(H,15,17)/p+1. The fourth-order valence-electron chi connectivity index (χ4n) is 1.69. The van der Waals surface area contributed by atoms with Gasteiger partial charge in [-0.15, -0.1) is 0 Å². The smallest absolute Gasteiger partial charge is 0.251 e. The summed E-state index contributed by atoms with van der Waals surface area (Å²) in [4.78, 5) is 13.3. The number of nitrogens with one attached hydrogen (secondary N) is 2. The van der Waals surface area contributed by atoms with Crippen molar-refractivity contribution < 1.29 is 9.69 Å². The predicted octanol–water partition coefficient (Wildman–Crippen LogP) is 1.10. The van der Waals surface area contributed by atoms with Crippen LogP contribution in [0.25, 0.3) is 0 Å². The lowest BCUT2D eigenvalue weighted by Crippen LogP contribution is -3.12. The highest BCUT2D eigenvalue weighted by Crippen LogP contribution is 2.11. The Hall–Kier alpha value is -0.870. The molecule has 0 heterocycles. The van der Waals surface area contributed by atoms with Gasteiger partial charge in [0.05, 0.1) is 26.2 Å². The summed E-state index contributed by atoms with van der Waals surface area (Å²) in [5, 5.41) is 2.94. The molecule has 1 aromatic carbocycles. The van der Waals surface area contributed by atoms with Crippen molar-refractivity contribution in [1.82, 2.24) is 5.32 Å². The first kappa shape index (κ1) is 14.2. The molecular weight excluding hydrogens is 280 g/mol. The van der Waals surface area contributed by atoms with Crippen molar-refractivity contribution in [1.29, 1.82) is 0 Å². The molecule has 3 nitrogen and oxygen atoms in total. The SMILES string of the molecule is CC[NH+](CC)CCNC(=O)c1cccc(Br)c1. The van der Waals surface area contributed by atoms with Gasteiger partial charge in [-0.25, -0.2) is 0 Å². The Bertz CT molecular complexity index is 364. The van der Waals surface area contributed by atoms with E-state index in [1.165, 1.54) is 4.90 Å². The van der Waals surface area contributed by atoms with Crippen molar-refractivity contribution in [3.63, 3.8) is 0 Å². The number of hydrogen-bond donors (Lipinski definition) is 2. The van der Waals surface area contributed by atoms with Crippen LogP contribution in [0.5, 0.6) is 0 Å². The maximum absolute atomic E-state index is 11.8. The molecule has 0 aromatic heterocycles. The zero-order valence-corrected chi connectivity index (χ0v) is 12.0. The second kappa shape index (κ2) is 7.45. The lowest BCUT2D eigenvalue weighted by atomic mass is 10.2. The van der Waals surface area contributed by atoms with Crippen LogP contribution >= 0.6 is 15.9 Å². The van der Waals surface area contributed by atoms with E-state index in [9.17, 15) is 4.79 Å². The molecule has 0 aliphatic carbocycles. The van der Waals surface area contributed by atoms with E-state index in [1.54, 1.807) is 0 Å². The molecule has 2 N–H and O–H groups in total. The molecule has 0 saturated heterocycles. The minimum Gasteiger partial charge on any atom is -0.346 e. The highest BCUT2D eigenvalue weighted by molar-refractivity contribution is 9.10. The van der Waals surface area contributed by atoms with Crippen LogP contribution in [0.4, 0.5) is 0 Å². The Kier molecular flexibility index (Phi) is 6.22. The normalized spacial score (nSPS) is 10.6. The van der Waals surface area contributed by atoms with Gasteiger partial charge < -0.3 is 10.2 Å². The van der Waals surface area contributed by atoms with Crippen LogP contribution in [0.1, 0.15) is 24.2 Å². The van der Waals surface area contributed by atoms with E-state index in [0.717, 1.165) is 30.7 Å². The van der Waals surface area contributed by atoms with Gasteiger partial charge in [-0.3, -0.25) is 4.79 Å². The molecule has 17 heavy (non-hydrogen) atoms. The van der Waals surface area contributed by atoms with E-state index in [1.807, 2.05) is 24.3 Å². The minimum absolute atomic E-state index is 0.00199. The van der Waals surface area contributed by atoms with Crippen molar-refractivity contribution in [3.8, 4) is 0 Å². The summed E-state index contributed by atoms with van der Waals surface area (Å²) in [7, 11) is 0. The lowest BCUT2D eigenvalue weighted by molar-refractivity contribution is -0.895. The molecule has 1 aromatic rings. The third kappa shape index (κ3) is 4.88. The number of halogens is 1. The molecular formula is C13H20BrN2O+. The van der Waals surface area contributed by atoms with Crippen molar-refractivity contribution in [2.75, 3.05) is 26.2 Å². The van der Waals surface area contributed by atoms with Crippen LogP contribution in [0, 0.1) is 0 Å². The molecule has 1 rings (SSSR count). The van der Waals surface area contributed by atoms with Gasteiger partial charge >= 0.3 is 0 Å². The summed E-state index contributed by atoms with van der Waals surface area (Å²) in [6, 6.07) is 7.44. The molecule has 0 saturated carbocycles. The number of carbonyl (C=O) groups is 1. The van der Waals surface area contributed by atoms with Gasteiger partial charge in [0, 0.05) is 10.0 Å². The van der Waals surface area contributed by atoms with Gasteiger partial charge in [-0.1, -0.05) is 22.0 Å². The second-order valence-electron chi connectivity index (χ2n) is 3.97. The van der Waals surface area contributed by atoms with E-state index in [2.05, 4.69) is 35.1 Å². The Morgan fingerprint density at radius 3 is 2.65 bits per heavy atom. The monoisotopic (exact) mass is 299 g/mol. The van der Waals surface area contributed by atoms with Crippen molar-refractivity contribution >= 4 is 21.8 Å². The van der Waals surface area contributed by atoms with Gasteiger partial charge in [-0.05, 0) is 32.0 Å². The van der Waals surface area contributed by atoms with Crippen molar-refractivity contribution in [2.24, 2.45) is 0 Å². The average Bonchev–Trinajstić information content (AvgIpc) is 2.34. The van der Waals surface area contributed by atoms with Crippen LogP contribution in [-0.4, -0.2) is 32.1 Å². The Morgan fingerprint density at radius 1 is 1.35 bits per heavy atom. The summed E-state index contributed by atoms with van der Waals surface area (Å²) in [6.07, 6.45) is 0. The second-order valence-corrected chi connectivity index (χ2v) is 4.89. The number of hydrogen-bond acceptors (Lipinski definition) is 1. The van der Waals surface area contributed by atoms with E-state index >= 15 is 0 Å². The largest absolute Gasteiger partial charge is 0.346 e. The number of likely N-dealkylation sites (N-methyl/N-ethyl adjacent to an activating group) is 1. The van der Waals surface area contributed by atoms with Gasteiger partial charge in [0.25, 0.3) is 5.91 Å².